The Morgan fingerprint density at radius 2 is 1.65 bits per heavy atom. The molecule has 0 bridgehead atoms. The largest absolute Gasteiger partial charge is 0.492 e. The van der Waals surface area contributed by atoms with Crippen LogP contribution in [0.5, 0.6) is 5.75 Å². The van der Waals surface area contributed by atoms with E-state index in [2.05, 4.69) is 35.6 Å². The second-order valence-corrected chi connectivity index (χ2v) is 6.61. The maximum Gasteiger partial charge on any atom is 0.227 e. The Hall–Kier alpha value is -2.04. The van der Waals surface area contributed by atoms with E-state index < -0.39 is 0 Å². The van der Waals surface area contributed by atoms with E-state index in [9.17, 15) is 4.79 Å². The third-order valence-electron chi connectivity index (χ3n) is 4.88. The first kappa shape index (κ1) is 20.3. The van der Waals surface area contributed by atoms with Crippen molar-refractivity contribution < 1.29 is 9.53 Å². The molecular weight excluding hydrogens is 348 g/mol. The molecule has 3 N–H and O–H groups in total. The highest BCUT2D eigenvalue weighted by Crippen LogP contribution is 2.36. The zero-order valence-corrected chi connectivity index (χ0v) is 15.7. The maximum atomic E-state index is 12.5. The lowest BCUT2D eigenvalue weighted by molar-refractivity contribution is -0.120. The predicted octanol–water partition coefficient (Wildman–Crippen LogP) is 4.36. The summed E-state index contributed by atoms with van der Waals surface area (Å²) in [5.41, 5.74) is 7.63. The molecule has 1 fully saturated rings. The van der Waals surface area contributed by atoms with Gasteiger partial charge in [0.05, 0.1) is 0 Å². The number of benzene rings is 2. The van der Waals surface area contributed by atoms with E-state index >= 15 is 0 Å². The van der Waals surface area contributed by atoms with Crippen molar-refractivity contribution in [1.82, 2.24) is 0 Å². The van der Waals surface area contributed by atoms with Crippen LogP contribution >= 0.6 is 12.4 Å². The van der Waals surface area contributed by atoms with Gasteiger partial charge in [-0.05, 0) is 61.4 Å². The number of hydrogen-bond donors (Lipinski definition) is 2. The fourth-order valence-electron chi connectivity index (χ4n) is 3.47. The normalized spacial score (nSPS) is 19.3. The first-order chi connectivity index (χ1) is 12.3. The lowest BCUT2D eigenvalue weighted by Gasteiger charge is -2.28. The van der Waals surface area contributed by atoms with Crippen molar-refractivity contribution in [1.29, 1.82) is 0 Å². The molecule has 1 saturated carbocycles. The monoisotopic (exact) mass is 374 g/mol. The van der Waals surface area contributed by atoms with Gasteiger partial charge in [0.15, 0.2) is 0 Å². The zero-order valence-electron chi connectivity index (χ0n) is 14.9. The summed E-state index contributed by atoms with van der Waals surface area (Å²) in [6.45, 7) is 0.987. The number of hydrogen-bond acceptors (Lipinski definition) is 3. The molecule has 0 unspecified atom stereocenters. The highest BCUT2D eigenvalue weighted by Gasteiger charge is 2.27. The van der Waals surface area contributed by atoms with Gasteiger partial charge in [-0.3, -0.25) is 4.79 Å². The molecule has 0 saturated heterocycles. The van der Waals surface area contributed by atoms with Gasteiger partial charge in [-0.1, -0.05) is 30.3 Å². The number of halogens is 1. The summed E-state index contributed by atoms with van der Waals surface area (Å²) in [4.78, 5) is 12.5. The zero-order chi connectivity index (χ0) is 17.5. The van der Waals surface area contributed by atoms with Crippen molar-refractivity contribution in [2.24, 2.45) is 11.7 Å². The van der Waals surface area contributed by atoms with Crippen LogP contribution in [-0.4, -0.2) is 19.1 Å². The van der Waals surface area contributed by atoms with Gasteiger partial charge in [-0.15, -0.1) is 12.4 Å². The van der Waals surface area contributed by atoms with Gasteiger partial charge >= 0.3 is 0 Å². The van der Waals surface area contributed by atoms with Crippen LogP contribution in [0.4, 0.5) is 5.69 Å². The number of nitrogens with one attached hydrogen (secondary N) is 1. The van der Waals surface area contributed by atoms with Crippen LogP contribution in [0.15, 0.2) is 54.6 Å². The van der Waals surface area contributed by atoms with Crippen LogP contribution in [0.1, 0.15) is 37.2 Å². The third kappa shape index (κ3) is 5.48. The molecule has 0 aliphatic heterocycles. The number of nitrogens with two attached hydrogens (primary N) is 1. The Morgan fingerprint density at radius 1 is 1.00 bits per heavy atom. The molecule has 0 radical (unpaired) electrons. The molecule has 2 aromatic carbocycles. The van der Waals surface area contributed by atoms with Crippen LogP contribution in [-0.2, 0) is 4.79 Å². The van der Waals surface area contributed by atoms with E-state index in [4.69, 9.17) is 10.5 Å². The Bertz CT molecular complexity index is 668. The minimum absolute atomic E-state index is 0. The van der Waals surface area contributed by atoms with Gasteiger partial charge in [0, 0.05) is 18.2 Å². The number of rotatable bonds is 6. The first-order valence-electron chi connectivity index (χ1n) is 9.05. The molecule has 3 rings (SSSR count). The summed E-state index contributed by atoms with van der Waals surface area (Å²) >= 11 is 0. The molecule has 0 atom stereocenters. The topological polar surface area (TPSA) is 64.3 Å². The average Bonchev–Trinajstić information content (AvgIpc) is 2.68. The maximum absolute atomic E-state index is 12.5. The Kier molecular flexibility index (Phi) is 7.95. The number of anilines is 1. The Balaban J connectivity index is 0.00000243. The Morgan fingerprint density at radius 3 is 2.27 bits per heavy atom. The van der Waals surface area contributed by atoms with Crippen molar-refractivity contribution in [3.63, 3.8) is 0 Å². The van der Waals surface area contributed by atoms with Crippen molar-refractivity contribution in [2.75, 3.05) is 18.5 Å². The second kappa shape index (κ2) is 10.2. The summed E-state index contributed by atoms with van der Waals surface area (Å²) in [7, 11) is 0. The van der Waals surface area contributed by atoms with Crippen LogP contribution in [0.2, 0.25) is 0 Å². The van der Waals surface area contributed by atoms with Crippen molar-refractivity contribution in [2.45, 2.75) is 31.6 Å². The highest BCUT2D eigenvalue weighted by atomic mass is 35.5. The molecule has 1 aliphatic rings. The first-order valence-corrected chi connectivity index (χ1v) is 9.05. The fourth-order valence-corrected chi connectivity index (χ4v) is 3.47. The van der Waals surface area contributed by atoms with Crippen LogP contribution in [0, 0.1) is 5.92 Å². The van der Waals surface area contributed by atoms with Gasteiger partial charge in [0.1, 0.15) is 12.4 Å². The molecule has 5 heteroatoms. The lowest BCUT2D eigenvalue weighted by atomic mass is 9.78. The van der Waals surface area contributed by atoms with Crippen molar-refractivity contribution >= 4 is 24.0 Å². The Labute approximate surface area is 161 Å². The van der Waals surface area contributed by atoms with E-state index in [-0.39, 0.29) is 24.2 Å². The fraction of sp³-hybridized carbons (Fsp3) is 0.381. The van der Waals surface area contributed by atoms with Gasteiger partial charge < -0.3 is 15.8 Å². The minimum Gasteiger partial charge on any atom is -0.492 e. The summed E-state index contributed by atoms with van der Waals surface area (Å²) in [5, 5.41) is 3.03. The number of ether oxygens (including phenoxy) is 1. The predicted molar refractivity (Wildman–Crippen MR) is 108 cm³/mol. The van der Waals surface area contributed by atoms with Gasteiger partial charge in [0.25, 0.3) is 0 Å². The quantitative estimate of drug-likeness (QED) is 0.789. The third-order valence-corrected chi connectivity index (χ3v) is 4.88. The van der Waals surface area contributed by atoms with Gasteiger partial charge in [-0.25, -0.2) is 0 Å². The molecular formula is C21H27ClN2O2. The molecule has 4 nitrogen and oxygen atoms in total. The van der Waals surface area contributed by atoms with E-state index in [0.717, 1.165) is 37.1 Å². The van der Waals surface area contributed by atoms with Crippen molar-refractivity contribution in [3.05, 3.63) is 60.2 Å². The van der Waals surface area contributed by atoms with Crippen LogP contribution in [0.25, 0.3) is 0 Å². The summed E-state index contributed by atoms with van der Waals surface area (Å²) in [6, 6.07) is 18.1. The van der Waals surface area contributed by atoms with E-state index in [1.165, 1.54) is 5.56 Å². The number of carbonyl (C=O) groups is 1. The highest BCUT2D eigenvalue weighted by molar-refractivity contribution is 5.92. The molecule has 1 amide bonds. The average molecular weight is 375 g/mol. The van der Waals surface area contributed by atoms with Crippen LogP contribution < -0.4 is 15.8 Å². The van der Waals surface area contributed by atoms with Gasteiger partial charge in [0.2, 0.25) is 5.91 Å². The van der Waals surface area contributed by atoms with E-state index in [1.54, 1.807) is 0 Å². The summed E-state index contributed by atoms with van der Waals surface area (Å²) in [5.74, 6) is 1.59. The molecule has 140 valence electrons. The van der Waals surface area contributed by atoms with E-state index in [1.807, 2.05) is 24.3 Å². The summed E-state index contributed by atoms with van der Waals surface area (Å²) in [6.07, 6.45) is 4.05. The van der Waals surface area contributed by atoms with Crippen LogP contribution in [0.3, 0.4) is 0 Å². The molecule has 0 aromatic heterocycles. The summed E-state index contributed by atoms with van der Waals surface area (Å²) < 4.78 is 5.45. The van der Waals surface area contributed by atoms with E-state index in [0.29, 0.717) is 19.1 Å². The van der Waals surface area contributed by atoms with Crippen molar-refractivity contribution in [3.8, 4) is 5.75 Å². The molecule has 0 spiro atoms. The molecule has 1 aliphatic carbocycles. The number of carbonyl (C=O) groups excluding carboxylic acids is 1. The standard InChI is InChI=1S/C21H26N2O2.ClH/c22-14-15-25-20-12-10-19(11-13-20)23-21(24)18-8-6-17(7-9-18)16-4-2-1-3-5-16;/h1-5,10-13,17-18H,6-9,14-15,22H2,(H,23,24);1H. The minimum atomic E-state index is 0. The smallest absolute Gasteiger partial charge is 0.227 e. The lowest BCUT2D eigenvalue weighted by Crippen LogP contribution is -2.26. The SMILES string of the molecule is Cl.NCCOc1ccc(NC(=O)C2CCC(c3ccccc3)CC2)cc1. The molecule has 2 aromatic rings. The second-order valence-electron chi connectivity index (χ2n) is 6.61. The number of amides is 1. The molecule has 0 heterocycles. The molecule has 26 heavy (non-hydrogen) atoms. The van der Waals surface area contributed by atoms with Gasteiger partial charge in [-0.2, -0.15) is 0 Å².